The molecule has 0 bridgehead atoms. The Bertz CT molecular complexity index is 734. The summed E-state index contributed by atoms with van der Waals surface area (Å²) < 4.78 is 19.7. The molecule has 148 valence electrons. The lowest BCUT2D eigenvalue weighted by Crippen LogP contribution is -2.46. The minimum absolute atomic E-state index is 0.0761. The van der Waals surface area contributed by atoms with Gasteiger partial charge in [0.2, 0.25) is 0 Å². The fourth-order valence-corrected chi connectivity index (χ4v) is 4.09. The van der Waals surface area contributed by atoms with E-state index in [1.165, 1.54) is 4.57 Å². The van der Waals surface area contributed by atoms with E-state index in [4.69, 9.17) is 13.9 Å². The molecule has 2 rings (SSSR count). The van der Waals surface area contributed by atoms with Gasteiger partial charge in [-0.3, -0.25) is 14.3 Å². The molecule has 1 aromatic heterocycles. The minimum Gasteiger partial charge on any atom is -0.411 e. The number of aromatic nitrogens is 2. The van der Waals surface area contributed by atoms with E-state index < -0.39 is 20.2 Å². The lowest BCUT2D eigenvalue weighted by atomic mass is 10.2. The second-order valence-electron chi connectivity index (χ2n) is 8.42. The van der Waals surface area contributed by atoms with E-state index in [0.717, 1.165) is 0 Å². The largest absolute Gasteiger partial charge is 0.411 e. The van der Waals surface area contributed by atoms with Gasteiger partial charge in [-0.1, -0.05) is 20.8 Å². The standard InChI is InChI=1S/C18H32N2O5Si/c1-8-23-11-14-13(25-26(6,7)18(3,4)5)9-15(24-14)20-10-12(2)16(21)19-17(20)22/h10,13-15H,8-9,11H2,1-7H3,(H,19,21,22)/t13?,14-,15-/m1/s1. The molecule has 0 radical (unpaired) electrons. The molecule has 1 N–H and O–H groups in total. The molecule has 1 aliphatic heterocycles. The highest BCUT2D eigenvalue weighted by Gasteiger charge is 2.45. The van der Waals surface area contributed by atoms with Gasteiger partial charge in [-0.25, -0.2) is 4.79 Å². The van der Waals surface area contributed by atoms with Crippen LogP contribution in [-0.2, 0) is 13.9 Å². The van der Waals surface area contributed by atoms with Crippen molar-refractivity contribution in [2.75, 3.05) is 13.2 Å². The van der Waals surface area contributed by atoms with Crippen molar-refractivity contribution in [2.24, 2.45) is 0 Å². The van der Waals surface area contributed by atoms with Crippen LogP contribution in [0.4, 0.5) is 0 Å². The first-order chi connectivity index (χ1) is 12.0. The second-order valence-corrected chi connectivity index (χ2v) is 13.2. The van der Waals surface area contributed by atoms with E-state index in [9.17, 15) is 9.59 Å². The van der Waals surface area contributed by atoms with Gasteiger partial charge in [0.25, 0.3) is 5.56 Å². The maximum absolute atomic E-state index is 12.2. The van der Waals surface area contributed by atoms with Crippen LogP contribution in [0.5, 0.6) is 0 Å². The summed E-state index contributed by atoms with van der Waals surface area (Å²) in [5.74, 6) is 0. The highest BCUT2D eigenvalue weighted by Crippen LogP contribution is 2.40. The molecule has 0 amide bonds. The molecule has 1 saturated heterocycles. The van der Waals surface area contributed by atoms with Crippen molar-refractivity contribution in [1.82, 2.24) is 9.55 Å². The minimum atomic E-state index is -2.00. The van der Waals surface area contributed by atoms with Gasteiger partial charge in [0.15, 0.2) is 8.32 Å². The van der Waals surface area contributed by atoms with Gasteiger partial charge in [0.1, 0.15) is 12.3 Å². The van der Waals surface area contributed by atoms with Crippen LogP contribution in [0, 0.1) is 6.92 Å². The Morgan fingerprint density at radius 1 is 1.35 bits per heavy atom. The molecule has 3 atom stereocenters. The van der Waals surface area contributed by atoms with Crippen molar-refractivity contribution in [3.63, 3.8) is 0 Å². The number of hydrogen-bond acceptors (Lipinski definition) is 5. The number of nitrogens with zero attached hydrogens (tertiary/aromatic N) is 1. The zero-order valence-electron chi connectivity index (χ0n) is 16.9. The molecule has 1 fully saturated rings. The third kappa shape index (κ3) is 4.54. The van der Waals surface area contributed by atoms with Gasteiger partial charge in [0, 0.05) is 24.8 Å². The molecule has 7 nitrogen and oxygen atoms in total. The fourth-order valence-electron chi connectivity index (χ4n) is 2.73. The van der Waals surface area contributed by atoms with E-state index in [0.29, 0.717) is 25.2 Å². The molecule has 0 aromatic carbocycles. The molecular formula is C18H32N2O5Si. The van der Waals surface area contributed by atoms with Gasteiger partial charge in [-0.2, -0.15) is 0 Å². The molecule has 8 heteroatoms. The molecule has 1 aliphatic rings. The van der Waals surface area contributed by atoms with Crippen molar-refractivity contribution >= 4 is 8.32 Å². The average Bonchev–Trinajstić information content (AvgIpc) is 2.89. The first-order valence-electron chi connectivity index (χ1n) is 9.19. The fraction of sp³-hybridized carbons (Fsp3) is 0.778. The van der Waals surface area contributed by atoms with Crippen molar-refractivity contribution in [3.05, 3.63) is 32.6 Å². The number of aryl methyl sites for hydroxylation is 1. The maximum atomic E-state index is 12.2. The predicted molar refractivity (Wildman–Crippen MR) is 103 cm³/mol. The van der Waals surface area contributed by atoms with Crippen molar-refractivity contribution in [3.8, 4) is 0 Å². The maximum Gasteiger partial charge on any atom is 0.330 e. The molecule has 0 saturated carbocycles. The average molecular weight is 385 g/mol. The summed E-state index contributed by atoms with van der Waals surface area (Å²) in [5.41, 5.74) is -0.360. The quantitative estimate of drug-likeness (QED) is 0.762. The van der Waals surface area contributed by atoms with Gasteiger partial charge in [-0.15, -0.1) is 0 Å². The summed E-state index contributed by atoms with van der Waals surface area (Å²) in [5, 5.41) is 0.0761. The Kier molecular flexibility index (Phi) is 6.32. The second kappa shape index (κ2) is 7.80. The van der Waals surface area contributed by atoms with Gasteiger partial charge in [0.05, 0.1) is 12.7 Å². The Hall–Kier alpha value is -1.22. The third-order valence-corrected chi connectivity index (χ3v) is 9.88. The Labute approximate surface area is 155 Å². The number of rotatable bonds is 6. The lowest BCUT2D eigenvalue weighted by molar-refractivity contribution is -0.0597. The van der Waals surface area contributed by atoms with Gasteiger partial charge >= 0.3 is 5.69 Å². The lowest BCUT2D eigenvalue weighted by Gasteiger charge is -2.39. The highest BCUT2D eigenvalue weighted by molar-refractivity contribution is 6.74. The van der Waals surface area contributed by atoms with Crippen molar-refractivity contribution < 1.29 is 13.9 Å². The summed E-state index contributed by atoms with van der Waals surface area (Å²) in [7, 11) is -2.00. The van der Waals surface area contributed by atoms with Gasteiger partial charge < -0.3 is 13.9 Å². The third-order valence-electron chi connectivity index (χ3n) is 5.38. The highest BCUT2D eigenvalue weighted by atomic mass is 28.4. The molecule has 1 aromatic rings. The number of hydrogen-bond donors (Lipinski definition) is 1. The van der Waals surface area contributed by atoms with Crippen molar-refractivity contribution in [1.29, 1.82) is 0 Å². The summed E-state index contributed by atoms with van der Waals surface area (Å²) >= 11 is 0. The smallest absolute Gasteiger partial charge is 0.330 e. The Morgan fingerprint density at radius 3 is 2.58 bits per heavy atom. The van der Waals surface area contributed by atoms with Crippen LogP contribution in [-0.4, -0.2) is 43.3 Å². The first kappa shape index (κ1) is 21.1. The van der Waals surface area contributed by atoms with E-state index in [1.54, 1.807) is 13.1 Å². The topological polar surface area (TPSA) is 82.5 Å². The Morgan fingerprint density at radius 2 is 2.00 bits per heavy atom. The van der Waals surface area contributed by atoms with E-state index >= 15 is 0 Å². The summed E-state index contributed by atoms with van der Waals surface area (Å²) in [4.78, 5) is 26.2. The number of nitrogens with one attached hydrogen (secondary N) is 1. The molecule has 2 heterocycles. The molecule has 26 heavy (non-hydrogen) atoms. The summed E-state index contributed by atoms with van der Waals surface area (Å²) in [6.07, 6.45) is 1.24. The van der Waals surface area contributed by atoms with Crippen LogP contribution >= 0.6 is 0 Å². The zero-order valence-corrected chi connectivity index (χ0v) is 17.9. The SMILES string of the molecule is CCOC[C@H]1O[C@@H](n2cc(C)c(=O)[nH]c2=O)CC1O[Si](C)(C)C(C)(C)C. The molecule has 1 unspecified atom stereocenters. The van der Waals surface area contributed by atoms with Crippen LogP contribution in [0.25, 0.3) is 0 Å². The normalized spacial score (nSPS) is 24.2. The van der Waals surface area contributed by atoms with E-state index in [2.05, 4.69) is 38.8 Å². The number of H-pyrrole nitrogens is 1. The molecule has 0 spiro atoms. The van der Waals surface area contributed by atoms with E-state index in [-0.39, 0.29) is 22.8 Å². The summed E-state index contributed by atoms with van der Waals surface area (Å²) in [6, 6.07) is 0. The zero-order chi connectivity index (χ0) is 19.7. The number of ether oxygens (including phenoxy) is 2. The van der Waals surface area contributed by atoms with Gasteiger partial charge in [-0.05, 0) is 32.0 Å². The Balaban J connectivity index is 2.27. The van der Waals surface area contributed by atoms with Crippen molar-refractivity contribution in [2.45, 2.75) is 77.6 Å². The van der Waals surface area contributed by atoms with Crippen LogP contribution in [0.1, 0.15) is 45.9 Å². The van der Waals surface area contributed by atoms with Crippen LogP contribution in [0.15, 0.2) is 15.8 Å². The van der Waals surface area contributed by atoms with Crippen LogP contribution in [0.3, 0.4) is 0 Å². The first-order valence-corrected chi connectivity index (χ1v) is 12.1. The summed E-state index contributed by atoms with van der Waals surface area (Å²) in [6.45, 7) is 15.6. The molecular weight excluding hydrogens is 352 g/mol. The molecule has 0 aliphatic carbocycles. The van der Waals surface area contributed by atoms with Crippen LogP contribution < -0.4 is 11.2 Å². The predicted octanol–water partition coefficient (Wildman–Crippen LogP) is 2.56. The monoisotopic (exact) mass is 384 g/mol. The van der Waals surface area contributed by atoms with E-state index in [1.807, 2.05) is 6.92 Å². The van der Waals surface area contributed by atoms with Crippen LogP contribution in [0.2, 0.25) is 18.1 Å². The number of aromatic amines is 1.